The number of halogens is 1. The van der Waals surface area contributed by atoms with Gasteiger partial charge in [-0.1, -0.05) is 18.5 Å². The first-order valence-corrected chi connectivity index (χ1v) is 5.15. The minimum atomic E-state index is -0.555. The molecule has 17 heavy (non-hydrogen) atoms. The third-order valence-corrected chi connectivity index (χ3v) is 2.41. The van der Waals surface area contributed by atoms with Gasteiger partial charge in [-0.15, -0.1) is 0 Å². The van der Waals surface area contributed by atoms with E-state index in [1.54, 1.807) is 6.92 Å². The van der Waals surface area contributed by atoms with Crippen molar-refractivity contribution in [1.29, 1.82) is 0 Å². The van der Waals surface area contributed by atoms with Crippen LogP contribution >= 0.6 is 11.6 Å². The molecule has 0 saturated heterocycles. The number of nitrogens with two attached hydrogens (primary N) is 1. The standard InChI is InChI=1S/C10H11ClN2O4/c1-6(10(12)14)5-17-9-4-7(13(15)16)2-3-8(9)11/h2-4,6H,5H2,1H3,(H2,12,14). The number of nitro benzene ring substituents is 1. The van der Waals surface area contributed by atoms with Crippen molar-refractivity contribution in [3.63, 3.8) is 0 Å². The van der Waals surface area contributed by atoms with Crippen molar-refractivity contribution in [2.75, 3.05) is 6.61 Å². The van der Waals surface area contributed by atoms with Crippen LogP contribution in [0.1, 0.15) is 6.92 Å². The number of hydrogen-bond acceptors (Lipinski definition) is 4. The maximum atomic E-state index is 10.8. The lowest BCUT2D eigenvalue weighted by atomic mass is 10.2. The second-order valence-electron chi connectivity index (χ2n) is 3.49. The Labute approximate surface area is 102 Å². The van der Waals surface area contributed by atoms with Crippen molar-refractivity contribution in [2.45, 2.75) is 6.92 Å². The highest BCUT2D eigenvalue weighted by Crippen LogP contribution is 2.29. The summed E-state index contributed by atoms with van der Waals surface area (Å²) in [5, 5.41) is 10.8. The zero-order valence-electron chi connectivity index (χ0n) is 9.05. The van der Waals surface area contributed by atoms with Gasteiger partial charge in [0.2, 0.25) is 5.91 Å². The number of nitro groups is 1. The first kappa shape index (κ1) is 13.2. The highest BCUT2D eigenvalue weighted by atomic mass is 35.5. The molecule has 0 saturated carbocycles. The zero-order valence-corrected chi connectivity index (χ0v) is 9.81. The van der Waals surface area contributed by atoms with Gasteiger partial charge in [-0.3, -0.25) is 14.9 Å². The van der Waals surface area contributed by atoms with Crippen molar-refractivity contribution in [3.8, 4) is 5.75 Å². The Morgan fingerprint density at radius 1 is 1.65 bits per heavy atom. The molecule has 0 bridgehead atoms. The first-order valence-electron chi connectivity index (χ1n) is 4.78. The Balaban J connectivity index is 2.79. The molecular formula is C10H11ClN2O4. The molecule has 1 aromatic rings. The molecule has 1 atom stereocenters. The summed E-state index contributed by atoms with van der Waals surface area (Å²) in [4.78, 5) is 20.8. The second-order valence-corrected chi connectivity index (χ2v) is 3.89. The molecule has 0 aliphatic heterocycles. The van der Waals surface area contributed by atoms with E-state index in [1.807, 2.05) is 0 Å². The molecule has 7 heteroatoms. The van der Waals surface area contributed by atoms with Crippen molar-refractivity contribution < 1.29 is 14.5 Å². The monoisotopic (exact) mass is 258 g/mol. The molecule has 0 fully saturated rings. The number of carbonyl (C=O) groups is 1. The highest BCUT2D eigenvalue weighted by molar-refractivity contribution is 6.32. The van der Waals surface area contributed by atoms with Crippen LogP contribution in [0.4, 0.5) is 5.69 Å². The molecule has 1 unspecified atom stereocenters. The van der Waals surface area contributed by atoms with Crippen LogP contribution in [0.5, 0.6) is 5.75 Å². The van der Waals surface area contributed by atoms with Crippen LogP contribution in [0.25, 0.3) is 0 Å². The number of carbonyl (C=O) groups excluding carboxylic acids is 1. The number of hydrogen-bond donors (Lipinski definition) is 1. The Bertz CT molecular complexity index is 450. The van der Waals surface area contributed by atoms with Crippen molar-refractivity contribution >= 4 is 23.2 Å². The maximum absolute atomic E-state index is 10.8. The van der Waals surface area contributed by atoms with Gasteiger partial charge in [0.25, 0.3) is 5.69 Å². The number of amides is 1. The Kier molecular flexibility index (Phi) is 4.28. The maximum Gasteiger partial charge on any atom is 0.273 e. The van der Waals surface area contributed by atoms with E-state index < -0.39 is 16.7 Å². The predicted molar refractivity (Wildman–Crippen MR) is 62.0 cm³/mol. The smallest absolute Gasteiger partial charge is 0.273 e. The van der Waals surface area contributed by atoms with E-state index in [-0.39, 0.29) is 23.1 Å². The Morgan fingerprint density at radius 2 is 2.29 bits per heavy atom. The summed E-state index contributed by atoms with van der Waals surface area (Å²) < 4.78 is 5.21. The number of rotatable bonds is 5. The number of non-ortho nitro benzene ring substituents is 1. The summed E-state index contributed by atoms with van der Waals surface area (Å²) in [5.74, 6) is -0.842. The van der Waals surface area contributed by atoms with E-state index in [0.29, 0.717) is 0 Å². The lowest BCUT2D eigenvalue weighted by molar-refractivity contribution is -0.384. The first-order chi connectivity index (χ1) is 7.91. The number of benzene rings is 1. The van der Waals surface area contributed by atoms with Crippen LogP contribution in [0.2, 0.25) is 5.02 Å². The average Bonchev–Trinajstić information content (AvgIpc) is 2.26. The molecule has 0 spiro atoms. The lowest BCUT2D eigenvalue weighted by Crippen LogP contribution is -2.25. The number of nitrogens with zero attached hydrogens (tertiary/aromatic N) is 1. The summed E-state index contributed by atoms with van der Waals surface area (Å²) in [6.45, 7) is 1.61. The van der Waals surface area contributed by atoms with Gasteiger partial charge < -0.3 is 10.5 Å². The fourth-order valence-corrected chi connectivity index (χ4v) is 1.19. The molecule has 92 valence electrons. The van der Waals surface area contributed by atoms with Crippen molar-refractivity contribution in [1.82, 2.24) is 0 Å². The third kappa shape index (κ3) is 3.60. The Hall–Kier alpha value is -1.82. The van der Waals surface area contributed by atoms with E-state index in [2.05, 4.69) is 0 Å². The predicted octanol–water partition coefficient (Wildman–Crippen LogP) is 1.75. The normalized spacial score (nSPS) is 11.9. The van der Waals surface area contributed by atoms with Crippen LogP contribution in [-0.2, 0) is 4.79 Å². The zero-order chi connectivity index (χ0) is 13.0. The topological polar surface area (TPSA) is 95.5 Å². The van der Waals surface area contributed by atoms with Gasteiger partial charge in [-0.2, -0.15) is 0 Å². The fourth-order valence-electron chi connectivity index (χ4n) is 1.01. The van der Waals surface area contributed by atoms with E-state index in [9.17, 15) is 14.9 Å². The van der Waals surface area contributed by atoms with E-state index in [0.717, 1.165) is 0 Å². The molecule has 0 radical (unpaired) electrons. The van der Waals surface area contributed by atoms with Gasteiger partial charge >= 0.3 is 0 Å². The summed E-state index contributed by atoms with van der Waals surface area (Å²) in [7, 11) is 0. The average molecular weight is 259 g/mol. The molecule has 0 aliphatic carbocycles. The molecule has 1 amide bonds. The second kappa shape index (κ2) is 5.49. The largest absolute Gasteiger partial charge is 0.491 e. The summed E-state index contributed by atoms with van der Waals surface area (Å²) in [6.07, 6.45) is 0. The lowest BCUT2D eigenvalue weighted by Gasteiger charge is -2.10. The minimum Gasteiger partial charge on any atom is -0.491 e. The quantitative estimate of drug-likeness (QED) is 0.643. The summed E-state index contributed by atoms with van der Waals surface area (Å²) in [5.41, 5.74) is 4.93. The van der Waals surface area contributed by atoms with Crippen molar-refractivity contribution in [2.24, 2.45) is 11.7 Å². The molecule has 0 aliphatic rings. The van der Waals surface area contributed by atoms with Gasteiger partial charge in [0.05, 0.1) is 28.5 Å². The summed E-state index contributed by atoms with van der Waals surface area (Å²) >= 11 is 5.80. The minimum absolute atomic E-state index is 0.0240. The van der Waals surface area contributed by atoms with Crippen LogP contribution in [-0.4, -0.2) is 17.4 Å². The molecule has 1 rings (SSSR count). The molecule has 1 aromatic carbocycles. The van der Waals surface area contributed by atoms with Crippen LogP contribution < -0.4 is 10.5 Å². The summed E-state index contributed by atoms with van der Waals surface area (Å²) in [6, 6.07) is 3.84. The Morgan fingerprint density at radius 3 is 2.82 bits per heavy atom. The molecule has 0 aromatic heterocycles. The van der Waals surface area contributed by atoms with E-state index >= 15 is 0 Å². The van der Waals surface area contributed by atoms with E-state index in [4.69, 9.17) is 22.1 Å². The van der Waals surface area contributed by atoms with Gasteiger partial charge in [-0.05, 0) is 6.07 Å². The van der Waals surface area contributed by atoms with Gasteiger partial charge in [0.15, 0.2) is 0 Å². The van der Waals surface area contributed by atoms with Gasteiger partial charge in [0, 0.05) is 6.07 Å². The molecule has 0 heterocycles. The molecule has 2 N–H and O–H groups in total. The van der Waals surface area contributed by atoms with Crippen LogP contribution in [0, 0.1) is 16.0 Å². The SMILES string of the molecule is CC(COc1cc([N+](=O)[O-])ccc1Cl)C(N)=O. The number of primary amides is 1. The molecular weight excluding hydrogens is 248 g/mol. The molecule has 6 nitrogen and oxygen atoms in total. The highest BCUT2D eigenvalue weighted by Gasteiger charge is 2.14. The van der Waals surface area contributed by atoms with Gasteiger partial charge in [0.1, 0.15) is 5.75 Å². The van der Waals surface area contributed by atoms with Crippen LogP contribution in [0.3, 0.4) is 0 Å². The van der Waals surface area contributed by atoms with E-state index in [1.165, 1.54) is 18.2 Å². The fraction of sp³-hybridized carbons (Fsp3) is 0.300. The van der Waals surface area contributed by atoms with Gasteiger partial charge in [-0.25, -0.2) is 0 Å². The van der Waals surface area contributed by atoms with Crippen LogP contribution in [0.15, 0.2) is 18.2 Å². The number of ether oxygens (including phenoxy) is 1. The van der Waals surface area contributed by atoms with Crippen molar-refractivity contribution in [3.05, 3.63) is 33.3 Å². The third-order valence-electron chi connectivity index (χ3n) is 2.10.